The van der Waals surface area contributed by atoms with Crippen molar-refractivity contribution in [3.8, 4) is 0 Å². The Labute approximate surface area is 69.3 Å². The van der Waals surface area contributed by atoms with Gasteiger partial charge in [-0.25, -0.2) is 14.2 Å². The average molecular weight is 196 g/mol. The van der Waals surface area contributed by atoms with E-state index in [1.165, 1.54) is 6.92 Å². The van der Waals surface area contributed by atoms with E-state index in [1.807, 2.05) is 0 Å². The molecular formula is C5H9O6P. The second-order valence-corrected chi connectivity index (χ2v) is 2.83. The Hall–Kier alpha value is -0.680. The lowest BCUT2D eigenvalue weighted by molar-refractivity contribution is -0.219. The van der Waals surface area contributed by atoms with E-state index in [9.17, 15) is 9.36 Å². The summed E-state index contributed by atoms with van der Waals surface area (Å²) in [5, 5.41) is 0. The Kier molecular flexibility index (Phi) is 4.77. The van der Waals surface area contributed by atoms with Crippen molar-refractivity contribution in [3.63, 3.8) is 0 Å². The number of hydrogen-bond donors (Lipinski definition) is 1. The SMILES string of the molecule is C=CC(=O)OP(=O)(O)OOCC. The van der Waals surface area contributed by atoms with Crippen molar-refractivity contribution in [1.82, 2.24) is 0 Å². The third-order valence-corrected chi connectivity index (χ3v) is 1.34. The molecule has 1 N–H and O–H groups in total. The van der Waals surface area contributed by atoms with Gasteiger partial charge in [0.05, 0.1) is 6.61 Å². The zero-order valence-electron chi connectivity index (χ0n) is 6.43. The number of rotatable bonds is 5. The normalized spacial score (nSPS) is 14.8. The van der Waals surface area contributed by atoms with E-state index < -0.39 is 13.8 Å². The van der Waals surface area contributed by atoms with Crippen molar-refractivity contribution in [2.24, 2.45) is 0 Å². The van der Waals surface area contributed by atoms with E-state index in [1.54, 1.807) is 0 Å². The molecule has 70 valence electrons. The molecule has 0 fully saturated rings. The Bertz CT molecular complexity index is 212. The largest absolute Gasteiger partial charge is 0.557 e. The van der Waals surface area contributed by atoms with E-state index in [4.69, 9.17) is 4.89 Å². The van der Waals surface area contributed by atoms with Gasteiger partial charge in [-0.2, -0.15) is 0 Å². The monoisotopic (exact) mass is 196 g/mol. The molecule has 0 rings (SSSR count). The second-order valence-electron chi connectivity index (χ2n) is 1.56. The summed E-state index contributed by atoms with van der Waals surface area (Å²) in [5.41, 5.74) is 0. The number of hydrogen-bond acceptors (Lipinski definition) is 5. The van der Waals surface area contributed by atoms with Crippen molar-refractivity contribution in [2.45, 2.75) is 6.92 Å². The topological polar surface area (TPSA) is 82.1 Å². The van der Waals surface area contributed by atoms with E-state index in [0.717, 1.165) is 6.08 Å². The summed E-state index contributed by atoms with van der Waals surface area (Å²) < 4.78 is 18.4. The first-order valence-electron chi connectivity index (χ1n) is 3.02. The number of carbonyl (C=O) groups is 1. The molecule has 0 aliphatic heterocycles. The fraction of sp³-hybridized carbons (Fsp3) is 0.400. The molecule has 6 nitrogen and oxygen atoms in total. The Balaban J connectivity index is 3.95. The minimum Gasteiger partial charge on any atom is -0.366 e. The molecule has 12 heavy (non-hydrogen) atoms. The lowest BCUT2D eigenvalue weighted by Gasteiger charge is -2.07. The summed E-state index contributed by atoms with van der Waals surface area (Å²) in [6.45, 7) is 4.62. The summed E-state index contributed by atoms with van der Waals surface area (Å²) in [4.78, 5) is 23.2. The Morgan fingerprint density at radius 3 is 2.75 bits per heavy atom. The van der Waals surface area contributed by atoms with Gasteiger partial charge in [-0.1, -0.05) is 6.58 Å². The summed E-state index contributed by atoms with van der Waals surface area (Å²) in [6.07, 6.45) is 0.734. The van der Waals surface area contributed by atoms with Gasteiger partial charge >= 0.3 is 13.8 Å². The maximum Gasteiger partial charge on any atom is 0.557 e. The standard InChI is InChI=1S/C5H9O6P/c1-3-5(6)10-12(7,8)11-9-4-2/h3H,1,4H2,2H3,(H,7,8). The first kappa shape index (κ1) is 11.3. The lowest BCUT2D eigenvalue weighted by Crippen LogP contribution is -2.01. The van der Waals surface area contributed by atoms with Gasteiger partial charge in [-0.05, 0) is 6.92 Å². The summed E-state index contributed by atoms with van der Waals surface area (Å²) in [6, 6.07) is 0. The molecule has 0 aliphatic rings. The molecule has 0 amide bonds. The van der Waals surface area contributed by atoms with Crippen LogP contribution in [0.4, 0.5) is 0 Å². The van der Waals surface area contributed by atoms with E-state index >= 15 is 0 Å². The van der Waals surface area contributed by atoms with E-state index in [-0.39, 0.29) is 6.61 Å². The van der Waals surface area contributed by atoms with Gasteiger partial charge in [0.25, 0.3) is 0 Å². The zero-order chi connectivity index (χ0) is 9.61. The maximum absolute atomic E-state index is 10.7. The van der Waals surface area contributed by atoms with Gasteiger partial charge in [0.15, 0.2) is 0 Å². The van der Waals surface area contributed by atoms with Crippen LogP contribution in [0.1, 0.15) is 6.92 Å². The number of phosphoric ester groups is 1. The van der Waals surface area contributed by atoms with Crippen LogP contribution in [0, 0.1) is 0 Å². The van der Waals surface area contributed by atoms with Crippen molar-refractivity contribution < 1.29 is 28.3 Å². The van der Waals surface area contributed by atoms with Crippen LogP contribution in [-0.2, 0) is 23.4 Å². The van der Waals surface area contributed by atoms with Crippen LogP contribution in [0.5, 0.6) is 0 Å². The molecule has 7 heteroatoms. The highest BCUT2D eigenvalue weighted by molar-refractivity contribution is 7.47. The molecule has 0 saturated heterocycles. The van der Waals surface area contributed by atoms with Crippen molar-refractivity contribution >= 4 is 13.8 Å². The molecule has 0 bridgehead atoms. The highest BCUT2D eigenvalue weighted by atomic mass is 31.2. The molecule has 0 radical (unpaired) electrons. The fourth-order valence-electron chi connectivity index (χ4n) is 0.285. The highest BCUT2D eigenvalue weighted by Crippen LogP contribution is 2.43. The predicted molar refractivity (Wildman–Crippen MR) is 38.8 cm³/mol. The number of phosphoric acid groups is 1. The van der Waals surface area contributed by atoms with Crippen molar-refractivity contribution in [2.75, 3.05) is 6.61 Å². The molecule has 1 unspecified atom stereocenters. The highest BCUT2D eigenvalue weighted by Gasteiger charge is 2.26. The third-order valence-electron chi connectivity index (χ3n) is 0.637. The quantitative estimate of drug-likeness (QED) is 0.303. The minimum atomic E-state index is -4.42. The minimum absolute atomic E-state index is 0.0657. The zero-order valence-corrected chi connectivity index (χ0v) is 7.32. The summed E-state index contributed by atoms with van der Waals surface area (Å²) in [7, 11) is -4.42. The van der Waals surface area contributed by atoms with Crippen LogP contribution < -0.4 is 0 Å². The molecule has 1 atom stereocenters. The molecule has 0 spiro atoms. The van der Waals surface area contributed by atoms with Crippen LogP contribution in [0.2, 0.25) is 0 Å². The molecule has 0 saturated carbocycles. The molecule has 0 aromatic heterocycles. The van der Waals surface area contributed by atoms with Gasteiger partial charge in [-0.3, -0.25) is 4.89 Å². The molecule has 0 heterocycles. The van der Waals surface area contributed by atoms with Gasteiger partial charge in [0, 0.05) is 6.08 Å². The van der Waals surface area contributed by atoms with Crippen LogP contribution >= 0.6 is 7.82 Å². The van der Waals surface area contributed by atoms with Crippen LogP contribution in [-0.4, -0.2) is 17.5 Å². The van der Waals surface area contributed by atoms with E-state index in [0.29, 0.717) is 0 Å². The van der Waals surface area contributed by atoms with Crippen LogP contribution in [0.3, 0.4) is 0 Å². The molecule has 0 aromatic carbocycles. The van der Waals surface area contributed by atoms with Crippen LogP contribution in [0.15, 0.2) is 12.7 Å². The first-order valence-corrected chi connectivity index (χ1v) is 4.51. The Morgan fingerprint density at radius 2 is 2.33 bits per heavy atom. The Morgan fingerprint density at radius 1 is 1.75 bits per heavy atom. The molecular weight excluding hydrogens is 187 g/mol. The summed E-state index contributed by atoms with van der Waals surface area (Å²) >= 11 is 0. The first-order chi connectivity index (χ1) is 5.52. The average Bonchev–Trinajstić information content (AvgIpc) is 2.00. The van der Waals surface area contributed by atoms with Crippen molar-refractivity contribution in [3.05, 3.63) is 12.7 Å². The summed E-state index contributed by atoms with van der Waals surface area (Å²) in [5.74, 6) is -1.06. The van der Waals surface area contributed by atoms with Gasteiger partial charge in [0.1, 0.15) is 0 Å². The lowest BCUT2D eigenvalue weighted by atomic mass is 10.7. The fourth-order valence-corrected chi connectivity index (χ4v) is 0.856. The van der Waals surface area contributed by atoms with Crippen LogP contribution in [0.25, 0.3) is 0 Å². The number of carbonyl (C=O) groups excluding carboxylic acids is 1. The second kappa shape index (κ2) is 5.05. The van der Waals surface area contributed by atoms with Gasteiger partial charge < -0.3 is 4.52 Å². The molecule has 0 aromatic rings. The predicted octanol–water partition coefficient (Wildman–Crippen LogP) is 0.784. The molecule has 0 aliphatic carbocycles. The third kappa shape index (κ3) is 5.03. The van der Waals surface area contributed by atoms with Crippen molar-refractivity contribution in [1.29, 1.82) is 0 Å². The van der Waals surface area contributed by atoms with Gasteiger partial charge in [0.2, 0.25) is 0 Å². The van der Waals surface area contributed by atoms with Gasteiger partial charge in [-0.15, -0.1) is 4.67 Å². The smallest absolute Gasteiger partial charge is 0.366 e. The maximum atomic E-state index is 10.7. The van der Waals surface area contributed by atoms with E-state index in [2.05, 4.69) is 20.7 Å².